The summed E-state index contributed by atoms with van der Waals surface area (Å²) in [6.45, 7) is 7.09. The van der Waals surface area contributed by atoms with Crippen LogP contribution in [-0.2, 0) is 23.9 Å². The first-order valence-corrected chi connectivity index (χ1v) is 9.52. The third kappa shape index (κ3) is 6.17. The van der Waals surface area contributed by atoms with Crippen LogP contribution in [0.15, 0.2) is 30.0 Å². The molecule has 0 saturated carbocycles. The number of aryl methyl sites for hydroxylation is 1. The number of carbonyl (C=O) groups is 4. The van der Waals surface area contributed by atoms with E-state index in [1.54, 1.807) is 19.9 Å². The first kappa shape index (κ1) is 22.1. The van der Waals surface area contributed by atoms with Gasteiger partial charge in [-0.1, -0.05) is 24.3 Å². The van der Waals surface area contributed by atoms with E-state index in [4.69, 9.17) is 4.74 Å². The monoisotopic (exact) mass is 401 g/mol. The summed E-state index contributed by atoms with van der Waals surface area (Å²) in [7, 11) is 0. The molecule has 156 valence electrons. The molecule has 1 heterocycles. The zero-order valence-electron chi connectivity index (χ0n) is 17.2. The van der Waals surface area contributed by atoms with Crippen LogP contribution in [0.25, 0.3) is 6.08 Å². The highest BCUT2D eigenvalue weighted by atomic mass is 16.5. The van der Waals surface area contributed by atoms with E-state index in [0.29, 0.717) is 0 Å². The Bertz CT molecular complexity index is 831. The molecule has 0 aliphatic carbocycles. The fraction of sp³-hybridized carbons (Fsp3) is 0.429. The molecule has 2 N–H and O–H groups in total. The average molecular weight is 401 g/mol. The predicted molar refractivity (Wildman–Crippen MR) is 107 cm³/mol. The second-order valence-electron chi connectivity index (χ2n) is 7.14. The Labute approximate surface area is 170 Å². The van der Waals surface area contributed by atoms with E-state index in [1.807, 2.05) is 31.2 Å². The molecule has 1 saturated heterocycles. The Morgan fingerprint density at radius 2 is 2.00 bits per heavy atom. The van der Waals surface area contributed by atoms with Crippen LogP contribution in [-0.4, -0.2) is 53.8 Å². The van der Waals surface area contributed by atoms with Crippen molar-refractivity contribution in [1.82, 2.24) is 15.5 Å². The van der Waals surface area contributed by atoms with Gasteiger partial charge in [-0.3, -0.25) is 19.2 Å². The van der Waals surface area contributed by atoms with Crippen molar-refractivity contribution in [2.45, 2.75) is 46.3 Å². The molecule has 0 bridgehead atoms. The standard InChI is InChI=1S/C21H27N3O5/c1-13(2)29-19(26)12-18-20(27)22-9-10-24(18)21(28)17(23-15(4)25)11-16-8-6-5-7-14(16)3/h5-8,11,13,18H,9-10,12H2,1-4H3,(H,22,27)(H,23,25)/b17-11+. The van der Waals surface area contributed by atoms with Crippen molar-refractivity contribution < 1.29 is 23.9 Å². The van der Waals surface area contributed by atoms with Crippen molar-refractivity contribution in [3.8, 4) is 0 Å². The molecule has 1 unspecified atom stereocenters. The minimum atomic E-state index is -1.00. The first-order valence-electron chi connectivity index (χ1n) is 9.52. The maximum atomic E-state index is 13.2. The van der Waals surface area contributed by atoms with Crippen LogP contribution in [0.4, 0.5) is 0 Å². The number of ether oxygens (including phenoxy) is 1. The SMILES string of the molecule is CC(=O)N/C(=C/c1ccccc1C)C(=O)N1CCNC(=O)C1CC(=O)OC(C)C. The highest BCUT2D eigenvalue weighted by Gasteiger charge is 2.36. The van der Waals surface area contributed by atoms with Gasteiger partial charge in [0.2, 0.25) is 11.8 Å². The summed E-state index contributed by atoms with van der Waals surface area (Å²) in [5.74, 6) is -1.93. The van der Waals surface area contributed by atoms with E-state index < -0.39 is 29.7 Å². The van der Waals surface area contributed by atoms with Crippen LogP contribution in [0.3, 0.4) is 0 Å². The molecule has 8 heteroatoms. The largest absolute Gasteiger partial charge is 0.463 e. The highest BCUT2D eigenvalue weighted by molar-refractivity contribution is 6.03. The Morgan fingerprint density at radius 1 is 1.31 bits per heavy atom. The summed E-state index contributed by atoms with van der Waals surface area (Å²) in [5, 5.41) is 5.22. The number of benzene rings is 1. The lowest BCUT2D eigenvalue weighted by Gasteiger charge is -2.35. The Balaban J connectivity index is 2.33. The molecule has 0 aromatic heterocycles. The topological polar surface area (TPSA) is 105 Å². The number of hydrogen-bond acceptors (Lipinski definition) is 5. The van der Waals surface area contributed by atoms with E-state index in [-0.39, 0.29) is 31.3 Å². The van der Waals surface area contributed by atoms with E-state index >= 15 is 0 Å². The maximum Gasteiger partial charge on any atom is 0.308 e. The minimum absolute atomic E-state index is 0.0451. The number of piperazine rings is 1. The zero-order chi connectivity index (χ0) is 21.6. The summed E-state index contributed by atoms with van der Waals surface area (Å²) in [4.78, 5) is 50.7. The fourth-order valence-corrected chi connectivity index (χ4v) is 3.03. The fourth-order valence-electron chi connectivity index (χ4n) is 3.03. The number of nitrogens with one attached hydrogen (secondary N) is 2. The molecular formula is C21H27N3O5. The maximum absolute atomic E-state index is 13.2. The van der Waals surface area contributed by atoms with Gasteiger partial charge in [0.05, 0.1) is 12.5 Å². The van der Waals surface area contributed by atoms with Crippen molar-refractivity contribution in [2.75, 3.05) is 13.1 Å². The summed E-state index contributed by atoms with van der Waals surface area (Å²) in [5.41, 5.74) is 1.74. The smallest absolute Gasteiger partial charge is 0.308 e. The predicted octanol–water partition coefficient (Wildman–Crippen LogP) is 1.14. The number of nitrogens with zero attached hydrogens (tertiary/aromatic N) is 1. The second kappa shape index (κ2) is 9.86. The van der Waals surface area contributed by atoms with Crippen LogP contribution in [0, 0.1) is 6.92 Å². The summed E-state index contributed by atoms with van der Waals surface area (Å²) in [6.07, 6.45) is 0.997. The third-order valence-electron chi connectivity index (χ3n) is 4.35. The molecule has 8 nitrogen and oxygen atoms in total. The van der Waals surface area contributed by atoms with Crippen molar-refractivity contribution in [2.24, 2.45) is 0 Å². The molecule has 0 spiro atoms. The normalized spacial score (nSPS) is 17.0. The lowest BCUT2D eigenvalue weighted by molar-refractivity contribution is -0.153. The lowest BCUT2D eigenvalue weighted by atomic mass is 10.1. The van der Waals surface area contributed by atoms with Crippen LogP contribution < -0.4 is 10.6 Å². The van der Waals surface area contributed by atoms with Gasteiger partial charge < -0.3 is 20.3 Å². The van der Waals surface area contributed by atoms with Gasteiger partial charge in [-0.05, 0) is 38.0 Å². The average Bonchev–Trinajstić information content (AvgIpc) is 2.63. The molecule has 3 amide bonds. The lowest BCUT2D eigenvalue weighted by Crippen LogP contribution is -2.59. The van der Waals surface area contributed by atoms with E-state index in [9.17, 15) is 19.2 Å². The number of esters is 1. The van der Waals surface area contributed by atoms with E-state index in [1.165, 1.54) is 11.8 Å². The highest BCUT2D eigenvalue weighted by Crippen LogP contribution is 2.17. The number of carbonyl (C=O) groups excluding carboxylic acids is 4. The molecule has 1 aromatic carbocycles. The van der Waals surface area contributed by atoms with Crippen molar-refractivity contribution in [3.05, 3.63) is 41.1 Å². The van der Waals surface area contributed by atoms with E-state index in [2.05, 4.69) is 10.6 Å². The van der Waals surface area contributed by atoms with Crippen molar-refractivity contribution in [3.63, 3.8) is 0 Å². The summed E-state index contributed by atoms with van der Waals surface area (Å²) in [6, 6.07) is 6.41. The van der Waals surface area contributed by atoms with Crippen LogP contribution in [0.1, 0.15) is 38.3 Å². The van der Waals surface area contributed by atoms with Gasteiger partial charge in [-0.15, -0.1) is 0 Å². The van der Waals surface area contributed by atoms with Crippen LogP contribution in [0.2, 0.25) is 0 Å². The zero-order valence-corrected chi connectivity index (χ0v) is 17.2. The molecule has 1 aromatic rings. The minimum Gasteiger partial charge on any atom is -0.463 e. The molecule has 1 aliphatic heterocycles. The van der Waals surface area contributed by atoms with Crippen molar-refractivity contribution >= 4 is 29.8 Å². The quantitative estimate of drug-likeness (QED) is 0.549. The van der Waals surface area contributed by atoms with Crippen molar-refractivity contribution in [1.29, 1.82) is 0 Å². The summed E-state index contributed by atoms with van der Waals surface area (Å²) < 4.78 is 5.12. The second-order valence-corrected chi connectivity index (χ2v) is 7.14. The van der Waals surface area contributed by atoms with Gasteiger partial charge in [-0.25, -0.2) is 0 Å². The third-order valence-corrected chi connectivity index (χ3v) is 4.35. The number of hydrogen-bond donors (Lipinski definition) is 2. The molecule has 29 heavy (non-hydrogen) atoms. The van der Waals surface area contributed by atoms with Gasteiger partial charge in [-0.2, -0.15) is 0 Å². The Morgan fingerprint density at radius 3 is 2.62 bits per heavy atom. The van der Waals surface area contributed by atoms with Gasteiger partial charge in [0.25, 0.3) is 5.91 Å². The Kier molecular flexibility index (Phi) is 7.52. The number of amides is 3. The molecule has 0 radical (unpaired) electrons. The molecule has 1 atom stereocenters. The number of rotatable bonds is 6. The van der Waals surface area contributed by atoms with Gasteiger partial charge >= 0.3 is 5.97 Å². The molecule has 1 fully saturated rings. The summed E-state index contributed by atoms with van der Waals surface area (Å²) >= 11 is 0. The van der Waals surface area contributed by atoms with Gasteiger partial charge in [0, 0.05) is 20.0 Å². The molecular weight excluding hydrogens is 374 g/mol. The van der Waals surface area contributed by atoms with Gasteiger partial charge in [0.15, 0.2) is 0 Å². The Hall–Kier alpha value is -3.16. The molecule has 1 aliphatic rings. The van der Waals surface area contributed by atoms with Crippen LogP contribution >= 0.6 is 0 Å². The van der Waals surface area contributed by atoms with E-state index in [0.717, 1.165) is 11.1 Å². The van der Waals surface area contributed by atoms with Crippen LogP contribution in [0.5, 0.6) is 0 Å². The molecule has 2 rings (SSSR count). The first-order chi connectivity index (χ1) is 13.7. The van der Waals surface area contributed by atoms with Gasteiger partial charge in [0.1, 0.15) is 11.7 Å².